The number of nitrogens with zero attached hydrogens (tertiary/aromatic N) is 4. The smallest absolute Gasteiger partial charge is 0.348 e. The van der Waals surface area contributed by atoms with E-state index in [1.54, 1.807) is 18.7 Å². The predicted octanol–water partition coefficient (Wildman–Crippen LogP) is 2.77. The Balaban J connectivity index is 1.82. The number of rotatable bonds is 5. The van der Waals surface area contributed by atoms with Gasteiger partial charge in [0.25, 0.3) is 0 Å². The number of ether oxygens (including phenoxy) is 1. The lowest BCUT2D eigenvalue weighted by Crippen LogP contribution is -2.12. The van der Waals surface area contributed by atoms with Gasteiger partial charge in [-0.25, -0.2) is 9.48 Å². The molecule has 7 nitrogen and oxygen atoms in total. The summed E-state index contributed by atoms with van der Waals surface area (Å²) >= 11 is 1.43. The molecule has 3 rings (SSSR count). The number of hydrogen-bond donors (Lipinski definition) is 1. The van der Waals surface area contributed by atoms with Crippen LogP contribution in [0.2, 0.25) is 0 Å². The van der Waals surface area contributed by atoms with Crippen LogP contribution in [0.5, 0.6) is 0 Å². The van der Waals surface area contributed by atoms with Crippen molar-refractivity contribution in [3.63, 3.8) is 0 Å². The number of tetrazole rings is 1. The standard InChI is InChI=1S/C15H17N5O2S/c1-4-22-15(21)13-8-10-7-11(5-6-12(10)23-13)16-9(2)14-17-18-19-20(14)3/h5-9,16H,4H2,1-3H3/t9-/m1/s1. The Bertz CT molecular complexity index is 841. The molecule has 8 heteroatoms. The number of carbonyl (C=O) groups excluding carboxylic acids is 1. The van der Waals surface area contributed by atoms with Gasteiger partial charge in [0.2, 0.25) is 0 Å². The Morgan fingerprint density at radius 1 is 1.43 bits per heavy atom. The van der Waals surface area contributed by atoms with Crippen LogP contribution in [0.1, 0.15) is 35.4 Å². The highest BCUT2D eigenvalue weighted by atomic mass is 32.1. The Kier molecular flexibility index (Phi) is 4.24. The van der Waals surface area contributed by atoms with Crippen LogP contribution in [0, 0.1) is 0 Å². The van der Waals surface area contributed by atoms with E-state index in [0.29, 0.717) is 11.5 Å². The molecule has 1 atom stereocenters. The molecule has 2 heterocycles. The second-order valence-corrected chi connectivity index (χ2v) is 6.19. The van der Waals surface area contributed by atoms with E-state index in [1.807, 2.05) is 31.2 Å². The predicted molar refractivity (Wildman–Crippen MR) is 88.6 cm³/mol. The summed E-state index contributed by atoms with van der Waals surface area (Å²) in [5.41, 5.74) is 0.946. The lowest BCUT2D eigenvalue weighted by molar-refractivity contribution is 0.0532. The highest BCUT2D eigenvalue weighted by molar-refractivity contribution is 7.20. The molecule has 3 aromatic rings. The molecule has 0 unspecified atom stereocenters. The van der Waals surface area contributed by atoms with Crippen LogP contribution in [0.15, 0.2) is 24.3 Å². The van der Waals surface area contributed by atoms with E-state index in [1.165, 1.54) is 11.3 Å². The van der Waals surface area contributed by atoms with Crippen LogP contribution in [-0.4, -0.2) is 32.8 Å². The molecule has 0 bridgehead atoms. The minimum Gasteiger partial charge on any atom is -0.462 e. The van der Waals surface area contributed by atoms with E-state index in [-0.39, 0.29) is 12.0 Å². The largest absolute Gasteiger partial charge is 0.462 e. The molecule has 1 N–H and O–H groups in total. The fraction of sp³-hybridized carbons (Fsp3) is 0.333. The Morgan fingerprint density at radius 3 is 2.96 bits per heavy atom. The van der Waals surface area contributed by atoms with E-state index < -0.39 is 0 Å². The molecule has 2 aromatic heterocycles. The number of fused-ring (bicyclic) bond motifs is 1. The number of nitrogens with one attached hydrogen (secondary N) is 1. The van der Waals surface area contributed by atoms with Crippen molar-refractivity contribution in [3.05, 3.63) is 35.0 Å². The maximum Gasteiger partial charge on any atom is 0.348 e. The number of anilines is 1. The second-order valence-electron chi connectivity index (χ2n) is 5.11. The van der Waals surface area contributed by atoms with E-state index in [0.717, 1.165) is 21.6 Å². The lowest BCUT2D eigenvalue weighted by Gasteiger charge is -2.13. The molecule has 0 spiro atoms. The van der Waals surface area contributed by atoms with Gasteiger partial charge in [-0.1, -0.05) is 0 Å². The van der Waals surface area contributed by atoms with Gasteiger partial charge >= 0.3 is 5.97 Å². The molecule has 0 saturated carbocycles. The minimum atomic E-state index is -0.276. The van der Waals surface area contributed by atoms with Crippen LogP contribution in [0.4, 0.5) is 5.69 Å². The van der Waals surface area contributed by atoms with Gasteiger partial charge in [-0.05, 0) is 53.9 Å². The summed E-state index contributed by atoms with van der Waals surface area (Å²) in [5.74, 6) is 0.476. The highest BCUT2D eigenvalue weighted by Crippen LogP contribution is 2.29. The topological polar surface area (TPSA) is 81.9 Å². The third kappa shape index (κ3) is 3.16. The van der Waals surface area contributed by atoms with Crippen molar-refractivity contribution < 1.29 is 9.53 Å². The van der Waals surface area contributed by atoms with Crippen LogP contribution >= 0.6 is 11.3 Å². The van der Waals surface area contributed by atoms with Gasteiger partial charge in [0.15, 0.2) is 5.82 Å². The third-order valence-corrected chi connectivity index (χ3v) is 4.51. The molecule has 0 aliphatic rings. The number of aromatic nitrogens is 4. The van der Waals surface area contributed by atoms with Crippen LogP contribution < -0.4 is 5.32 Å². The van der Waals surface area contributed by atoms with Gasteiger partial charge < -0.3 is 10.1 Å². The zero-order valence-electron chi connectivity index (χ0n) is 13.1. The Labute approximate surface area is 137 Å². The summed E-state index contributed by atoms with van der Waals surface area (Å²) in [6.45, 7) is 4.17. The van der Waals surface area contributed by atoms with E-state index in [2.05, 4.69) is 20.8 Å². The van der Waals surface area contributed by atoms with Crippen molar-refractivity contribution in [2.45, 2.75) is 19.9 Å². The number of thiophene rings is 1. The van der Waals surface area contributed by atoms with Gasteiger partial charge in [0.1, 0.15) is 4.88 Å². The summed E-state index contributed by atoms with van der Waals surface area (Å²) in [6, 6.07) is 7.81. The number of esters is 1. The molecule has 0 radical (unpaired) electrons. The van der Waals surface area contributed by atoms with Crippen molar-refractivity contribution in [1.29, 1.82) is 0 Å². The quantitative estimate of drug-likeness (QED) is 0.724. The monoisotopic (exact) mass is 331 g/mol. The van der Waals surface area contributed by atoms with Gasteiger partial charge in [0.05, 0.1) is 12.6 Å². The third-order valence-electron chi connectivity index (χ3n) is 3.42. The van der Waals surface area contributed by atoms with Crippen LogP contribution in [0.3, 0.4) is 0 Å². The van der Waals surface area contributed by atoms with Gasteiger partial charge in [-0.3, -0.25) is 0 Å². The van der Waals surface area contributed by atoms with Gasteiger partial charge in [-0.2, -0.15) is 0 Å². The average molecular weight is 331 g/mol. The fourth-order valence-corrected chi connectivity index (χ4v) is 3.29. The zero-order valence-corrected chi connectivity index (χ0v) is 13.9. The lowest BCUT2D eigenvalue weighted by atomic mass is 10.2. The van der Waals surface area contributed by atoms with Crippen molar-refractivity contribution >= 4 is 33.1 Å². The first-order valence-electron chi connectivity index (χ1n) is 7.28. The number of hydrogen-bond acceptors (Lipinski definition) is 7. The minimum absolute atomic E-state index is 0.0318. The maximum atomic E-state index is 11.8. The Hall–Kier alpha value is -2.48. The van der Waals surface area contributed by atoms with Crippen molar-refractivity contribution in [2.24, 2.45) is 7.05 Å². The average Bonchev–Trinajstić information content (AvgIpc) is 3.13. The summed E-state index contributed by atoms with van der Waals surface area (Å²) in [4.78, 5) is 12.4. The molecular weight excluding hydrogens is 314 g/mol. The molecule has 0 fully saturated rings. The van der Waals surface area contributed by atoms with Crippen molar-refractivity contribution in [1.82, 2.24) is 20.2 Å². The normalized spacial score (nSPS) is 12.3. The number of benzene rings is 1. The van der Waals surface area contributed by atoms with E-state index >= 15 is 0 Å². The number of carbonyl (C=O) groups is 1. The molecule has 0 aliphatic heterocycles. The molecule has 1 aromatic carbocycles. The summed E-state index contributed by atoms with van der Waals surface area (Å²) in [5, 5.41) is 15.9. The van der Waals surface area contributed by atoms with E-state index in [9.17, 15) is 4.79 Å². The maximum absolute atomic E-state index is 11.8. The molecule has 0 amide bonds. The second kappa shape index (κ2) is 6.33. The van der Waals surface area contributed by atoms with Gasteiger partial charge in [-0.15, -0.1) is 16.4 Å². The van der Waals surface area contributed by atoms with Crippen molar-refractivity contribution in [3.8, 4) is 0 Å². The molecule has 120 valence electrons. The van der Waals surface area contributed by atoms with E-state index in [4.69, 9.17) is 4.74 Å². The van der Waals surface area contributed by atoms with Crippen LogP contribution in [0.25, 0.3) is 10.1 Å². The molecule has 23 heavy (non-hydrogen) atoms. The van der Waals surface area contributed by atoms with Crippen molar-refractivity contribution in [2.75, 3.05) is 11.9 Å². The summed E-state index contributed by atoms with van der Waals surface area (Å²) < 4.78 is 7.73. The zero-order chi connectivity index (χ0) is 16.4. The first kappa shape index (κ1) is 15.4. The summed E-state index contributed by atoms with van der Waals surface area (Å²) in [7, 11) is 1.81. The highest BCUT2D eigenvalue weighted by Gasteiger charge is 2.14. The Morgan fingerprint density at radius 2 is 2.26 bits per heavy atom. The molecule has 0 aliphatic carbocycles. The summed E-state index contributed by atoms with van der Waals surface area (Å²) in [6.07, 6.45) is 0. The van der Waals surface area contributed by atoms with Gasteiger partial charge in [0, 0.05) is 17.4 Å². The first-order chi connectivity index (χ1) is 11.1. The fourth-order valence-electron chi connectivity index (χ4n) is 2.35. The molecule has 0 saturated heterocycles. The molecular formula is C15H17N5O2S. The SMILES string of the molecule is CCOC(=O)c1cc2cc(N[C@H](C)c3nnnn3C)ccc2s1. The van der Waals surface area contributed by atoms with Crippen LogP contribution in [-0.2, 0) is 11.8 Å². The number of aryl methyl sites for hydroxylation is 1. The first-order valence-corrected chi connectivity index (χ1v) is 8.09.